The van der Waals surface area contributed by atoms with Crippen molar-refractivity contribution in [1.29, 1.82) is 0 Å². The number of nitrogens with zero attached hydrogens (tertiary/aromatic N) is 5. The third kappa shape index (κ3) is 6.70. The van der Waals surface area contributed by atoms with E-state index in [0.717, 1.165) is 57.6 Å². The van der Waals surface area contributed by atoms with Crippen LogP contribution in [0.4, 0.5) is 5.82 Å². The van der Waals surface area contributed by atoms with Crippen molar-refractivity contribution >= 4 is 35.8 Å². The number of guanidine groups is 1. The molecule has 2 fully saturated rings. The summed E-state index contributed by atoms with van der Waals surface area (Å²) in [7, 11) is 4.07. The summed E-state index contributed by atoms with van der Waals surface area (Å²) in [6, 6.07) is 4.35. The first-order valence-electron chi connectivity index (χ1n) is 10.9. The minimum absolute atomic E-state index is 0. The summed E-state index contributed by atoms with van der Waals surface area (Å²) in [4.78, 5) is 16.4. The monoisotopic (exact) mass is 514 g/mol. The van der Waals surface area contributed by atoms with Crippen LogP contribution in [0.25, 0.3) is 0 Å². The molecule has 29 heavy (non-hydrogen) atoms. The second-order valence-electron chi connectivity index (χ2n) is 8.80. The van der Waals surface area contributed by atoms with Crippen LogP contribution in [-0.2, 0) is 6.54 Å². The molecule has 6 nitrogen and oxygen atoms in total. The van der Waals surface area contributed by atoms with Gasteiger partial charge in [-0.3, -0.25) is 4.99 Å². The third-order valence-corrected chi connectivity index (χ3v) is 6.23. The van der Waals surface area contributed by atoms with Gasteiger partial charge in [-0.25, -0.2) is 4.98 Å². The fraction of sp³-hybridized carbons (Fsp3) is 0.727. The minimum Gasteiger partial charge on any atom is -0.354 e. The third-order valence-electron chi connectivity index (χ3n) is 6.23. The molecular formula is C22H39IN6. The number of anilines is 1. The van der Waals surface area contributed by atoms with Gasteiger partial charge in [0.05, 0.1) is 0 Å². The van der Waals surface area contributed by atoms with Gasteiger partial charge in [-0.1, -0.05) is 26.3 Å². The van der Waals surface area contributed by atoms with Gasteiger partial charge in [-0.05, 0) is 43.4 Å². The number of piperidine rings is 1. The van der Waals surface area contributed by atoms with Crippen molar-refractivity contribution in [2.45, 2.75) is 46.1 Å². The van der Waals surface area contributed by atoms with Crippen molar-refractivity contribution in [3.63, 3.8) is 0 Å². The van der Waals surface area contributed by atoms with E-state index in [1.165, 1.54) is 31.2 Å². The van der Waals surface area contributed by atoms with Crippen LogP contribution < -0.4 is 10.2 Å². The van der Waals surface area contributed by atoms with Crippen molar-refractivity contribution < 1.29 is 0 Å². The predicted octanol–water partition coefficient (Wildman–Crippen LogP) is 3.43. The first kappa shape index (κ1) is 24.2. The average Bonchev–Trinajstić information content (AvgIpc) is 2.70. The maximum absolute atomic E-state index is 4.71. The number of nitrogens with one attached hydrogen (secondary N) is 1. The van der Waals surface area contributed by atoms with Crippen LogP contribution in [0.3, 0.4) is 0 Å². The van der Waals surface area contributed by atoms with Crippen molar-refractivity contribution in [3.05, 3.63) is 23.9 Å². The number of hydrogen-bond donors (Lipinski definition) is 1. The first-order chi connectivity index (χ1) is 13.5. The highest BCUT2D eigenvalue weighted by Crippen LogP contribution is 2.33. The van der Waals surface area contributed by atoms with E-state index in [2.05, 4.69) is 58.0 Å². The minimum atomic E-state index is 0. The Labute approximate surface area is 194 Å². The van der Waals surface area contributed by atoms with Gasteiger partial charge in [0.15, 0.2) is 5.96 Å². The summed E-state index contributed by atoms with van der Waals surface area (Å²) in [6.07, 6.45) is 7.12. The first-order valence-corrected chi connectivity index (χ1v) is 10.9. The van der Waals surface area contributed by atoms with Crippen LogP contribution in [0.15, 0.2) is 23.3 Å². The average molecular weight is 515 g/mol. The molecule has 0 radical (unpaired) electrons. The molecule has 0 aromatic carbocycles. The molecule has 0 bridgehead atoms. The Kier molecular flexibility index (Phi) is 9.46. The summed E-state index contributed by atoms with van der Waals surface area (Å²) < 4.78 is 0. The molecule has 1 unspecified atom stereocenters. The zero-order valence-corrected chi connectivity index (χ0v) is 21.0. The van der Waals surface area contributed by atoms with E-state index in [1.807, 2.05) is 13.2 Å². The number of likely N-dealkylation sites (N-methyl/N-ethyl adjacent to an activating group) is 1. The van der Waals surface area contributed by atoms with Crippen molar-refractivity contribution in [2.75, 3.05) is 58.3 Å². The molecule has 0 amide bonds. The second-order valence-corrected chi connectivity index (χ2v) is 8.80. The maximum atomic E-state index is 4.71. The van der Waals surface area contributed by atoms with Crippen LogP contribution in [0.1, 0.15) is 45.1 Å². The van der Waals surface area contributed by atoms with Gasteiger partial charge < -0.3 is 20.0 Å². The van der Waals surface area contributed by atoms with E-state index in [0.29, 0.717) is 5.41 Å². The van der Waals surface area contributed by atoms with Gasteiger partial charge in [0, 0.05) is 59.1 Å². The Bertz CT molecular complexity index is 637. The summed E-state index contributed by atoms with van der Waals surface area (Å²) in [6.45, 7) is 12.0. The Morgan fingerprint density at radius 1 is 1.21 bits per heavy atom. The lowest BCUT2D eigenvalue weighted by Crippen LogP contribution is -2.49. The van der Waals surface area contributed by atoms with Crippen LogP contribution >= 0.6 is 24.0 Å². The van der Waals surface area contributed by atoms with Crippen LogP contribution in [-0.4, -0.2) is 74.1 Å². The molecule has 2 aliphatic rings. The molecule has 164 valence electrons. The van der Waals surface area contributed by atoms with E-state index >= 15 is 0 Å². The number of aromatic nitrogens is 1. The summed E-state index contributed by atoms with van der Waals surface area (Å²) >= 11 is 0. The standard InChI is InChI=1S/C22H38N6.HI/c1-5-9-22(2)10-6-11-28(18-22)21(23-3)25-17-19-7-8-20(24-16-19)27-14-12-26(4)13-15-27;/h7-8,16H,5-6,9-15,17-18H2,1-4H3,(H,23,25);1H. The SMILES string of the molecule is CCCC1(C)CCCN(C(=NC)NCc2ccc(N3CCN(C)CC3)nc2)C1.I. The summed E-state index contributed by atoms with van der Waals surface area (Å²) in [5.41, 5.74) is 1.61. The van der Waals surface area contributed by atoms with Gasteiger partial charge in [-0.15, -0.1) is 24.0 Å². The van der Waals surface area contributed by atoms with Gasteiger partial charge >= 0.3 is 0 Å². The lowest BCUT2D eigenvalue weighted by Gasteiger charge is -2.42. The maximum Gasteiger partial charge on any atom is 0.193 e. The number of halogens is 1. The smallest absolute Gasteiger partial charge is 0.193 e. The van der Waals surface area contributed by atoms with E-state index in [4.69, 9.17) is 4.98 Å². The zero-order valence-electron chi connectivity index (χ0n) is 18.7. The lowest BCUT2D eigenvalue weighted by atomic mass is 9.78. The fourth-order valence-corrected chi connectivity index (χ4v) is 4.56. The number of pyridine rings is 1. The quantitative estimate of drug-likeness (QED) is 0.371. The van der Waals surface area contributed by atoms with Crippen molar-refractivity contribution in [3.8, 4) is 0 Å². The number of likely N-dealkylation sites (tertiary alicyclic amines) is 1. The van der Waals surface area contributed by atoms with Crippen molar-refractivity contribution in [1.82, 2.24) is 20.1 Å². The van der Waals surface area contributed by atoms with Gasteiger partial charge in [0.1, 0.15) is 5.82 Å². The molecule has 7 heteroatoms. The van der Waals surface area contributed by atoms with E-state index in [-0.39, 0.29) is 24.0 Å². The Morgan fingerprint density at radius 2 is 1.97 bits per heavy atom. The molecule has 1 aromatic heterocycles. The number of rotatable bonds is 5. The number of aliphatic imine (C=N–C) groups is 1. The molecule has 3 heterocycles. The van der Waals surface area contributed by atoms with E-state index in [1.54, 1.807) is 0 Å². The largest absolute Gasteiger partial charge is 0.354 e. The molecule has 0 spiro atoms. The van der Waals surface area contributed by atoms with Crippen LogP contribution in [0, 0.1) is 5.41 Å². The molecular weight excluding hydrogens is 475 g/mol. The Hall–Kier alpha value is -1.09. The summed E-state index contributed by atoms with van der Waals surface area (Å²) in [5, 5.41) is 3.56. The Balaban J connectivity index is 0.00000300. The highest BCUT2D eigenvalue weighted by atomic mass is 127. The fourth-order valence-electron chi connectivity index (χ4n) is 4.56. The van der Waals surface area contributed by atoms with Gasteiger partial charge in [0.25, 0.3) is 0 Å². The molecule has 1 atom stereocenters. The molecule has 1 N–H and O–H groups in total. The zero-order chi connectivity index (χ0) is 20.0. The van der Waals surface area contributed by atoms with Gasteiger partial charge in [-0.2, -0.15) is 0 Å². The molecule has 0 saturated carbocycles. The topological polar surface area (TPSA) is 47.0 Å². The lowest BCUT2D eigenvalue weighted by molar-refractivity contribution is 0.142. The van der Waals surface area contributed by atoms with E-state index in [9.17, 15) is 0 Å². The van der Waals surface area contributed by atoms with Gasteiger partial charge in [0.2, 0.25) is 0 Å². The normalized spacial score (nSPS) is 23.7. The van der Waals surface area contributed by atoms with Crippen LogP contribution in [0.5, 0.6) is 0 Å². The van der Waals surface area contributed by atoms with Crippen LogP contribution in [0.2, 0.25) is 0 Å². The number of hydrogen-bond acceptors (Lipinski definition) is 4. The summed E-state index contributed by atoms with van der Waals surface area (Å²) in [5.74, 6) is 2.11. The van der Waals surface area contributed by atoms with E-state index < -0.39 is 0 Å². The molecule has 1 aromatic rings. The Morgan fingerprint density at radius 3 is 2.59 bits per heavy atom. The molecule has 3 rings (SSSR count). The second kappa shape index (κ2) is 11.3. The molecule has 0 aliphatic carbocycles. The molecule has 2 saturated heterocycles. The number of piperazine rings is 1. The molecule has 2 aliphatic heterocycles. The highest BCUT2D eigenvalue weighted by molar-refractivity contribution is 14.0. The predicted molar refractivity (Wildman–Crippen MR) is 133 cm³/mol. The van der Waals surface area contributed by atoms with Crippen molar-refractivity contribution in [2.24, 2.45) is 10.4 Å². The highest BCUT2D eigenvalue weighted by Gasteiger charge is 2.31.